The van der Waals surface area contributed by atoms with Gasteiger partial charge in [0, 0.05) is 4.91 Å². The highest BCUT2D eigenvalue weighted by atomic mass is 32.2. The van der Waals surface area contributed by atoms with Gasteiger partial charge in [0.1, 0.15) is 18.3 Å². The lowest BCUT2D eigenvalue weighted by atomic mass is 9.88. The first kappa shape index (κ1) is 28.5. The van der Waals surface area contributed by atoms with Gasteiger partial charge in [0.25, 0.3) is 10.1 Å². The molecular formula is C29H31N3O6S. The van der Waals surface area contributed by atoms with Crippen LogP contribution in [0.4, 0.5) is 0 Å². The molecule has 4 atom stereocenters. The van der Waals surface area contributed by atoms with Crippen LogP contribution in [0, 0.1) is 0 Å². The van der Waals surface area contributed by atoms with Crippen molar-refractivity contribution in [2.24, 2.45) is 5.11 Å². The minimum Gasteiger partial charge on any atom is -0.372 e. The summed E-state index contributed by atoms with van der Waals surface area (Å²) in [4.78, 5) is 2.94. The highest BCUT2D eigenvalue weighted by molar-refractivity contribution is 7.86. The number of hydrogen-bond acceptors (Lipinski definition) is 7. The van der Waals surface area contributed by atoms with Crippen LogP contribution in [-0.4, -0.2) is 45.6 Å². The fourth-order valence-corrected chi connectivity index (χ4v) is 4.99. The quantitative estimate of drug-likeness (QED) is 0.0933. The van der Waals surface area contributed by atoms with E-state index < -0.39 is 34.5 Å². The molecule has 9 nitrogen and oxygen atoms in total. The second-order valence-electron chi connectivity index (χ2n) is 9.16. The zero-order valence-electron chi connectivity index (χ0n) is 21.6. The zero-order valence-corrected chi connectivity index (χ0v) is 22.4. The molecule has 1 aliphatic carbocycles. The smallest absolute Gasteiger partial charge is 0.264 e. The molecule has 0 heterocycles. The van der Waals surface area contributed by atoms with Gasteiger partial charge in [-0.05, 0) is 27.8 Å². The molecule has 4 rings (SSSR count). The first-order valence-electron chi connectivity index (χ1n) is 12.5. The average molecular weight is 550 g/mol. The Morgan fingerprint density at radius 3 is 1.77 bits per heavy atom. The Morgan fingerprint density at radius 1 is 0.744 bits per heavy atom. The summed E-state index contributed by atoms with van der Waals surface area (Å²) in [6.45, 7) is 0.920. The maximum absolute atomic E-state index is 12.3. The topological polar surface area (TPSA) is 120 Å². The van der Waals surface area contributed by atoms with Gasteiger partial charge in [0.05, 0.1) is 38.7 Å². The average Bonchev–Trinajstić information content (AvgIpc) is 2.94. The summed E-state index contributed by atoms with van der Waals surface area (Å²) < 4.78 is 48.7. The van der Waals surface area contributed by atoms with Crippen LogP contribution < -0.4 is 0 Å². The summed E-state index contributed by atoms with van der Waals surface area (Å²) >= 11 is 0. The fraction of sp³-hybridized carbons (Fsp3) is 0.310. The van der Waals surface area contributed by atoms with Crippen LogP contribution in [0.2, 0.25) is 0 Å². The second kappa shape index (κ2) is 14.0. The summed E-state index contributed by atoms with van der Waals surface area (Å²) in [7, 11) is -3.93. The molecule has 0 saturated heterocycles. The summed E-state index contributed by atoms with van der Waals surface area (Å²) in [6, 6.07) is 27.9. The van der Waals surface area contributed by atoms with Crippen molar-refractivity contribution in [3.63, 3.8) is 0 Å². The molecule has 0 amide bonds. The van der Waals surface area contributed by atoms with Gasteiger partial charge >= 0.3 is 0 Å². The van der Waals surface area contributed by atoms with Crippen LogP contribution >= 0.6 is 0 Å². The van der Waals surface area contributed by atoms with E-state index in [9.17, 15) is 13.9 Å². The lowest BCUT2D eigenvalue weighted by Crippen LogP contribution is -2.52. The van der Waals surface area contributed by atoms with Crippen LogP contribution in [0.1, 0.15) is 16.7 Å². The van der Waals surface area contributed by atoms with E-state index >= 15 is 0 Å². The molecule has 0 spiro atoms. The van der Waals surface area contributed by atoms with E-state index in [1.807, 2.05) is 91.0 Å². The van der Waals surface area contributed by atoms with Crippen LogP contribution in [0.3, 0.4) is 0 Å². The third kappa shape index (κ3) is 8.76. The van der Waals surface area contributed by atoms with Gasteiger partial charge in [-0.15, -0.1) is 0 Å². The zero-order chi connectivity index (χ0) is 27.5. The molecule has 0 saturated carbocycles. The van der Waals surface area contributed by atoms with Gasteiger partial charge in [-0.2, -0.15) is 8.42 Å². The normalized spacial score (nSPS) is 21.1. The lowest BCUT2D eigenvalue weighted by molar-refractivity contribution is -0.122. The van der Waals surface area contributed by atoms with Crippen molar-refractivity contribution in [1.82, 2.24) is 0 Å². The predicted molar refractivity (Wildman–Crippen MR) is 147 cm³/mol. The van der Waals surface area contributed by atoms with Crippen LogP contribution in [0.15, 0.2) is 108 Å². The molecule has 0 aromatic heterocycles. The standard InChI is InChI=1S/C29H31N3O6S/c1-39(33,34)38-28-26(31-32-30)17-25(21-35-18-22-11-5-2-6-12-22)27(36-19-23-13-7-3-8-14-23)29(28)37-20-24-15-9-4-10-16-24/h2-17,26-29H,18-21H2,1H3/t26-,27+,28+,29-/m0/s1. The third-order valence-corrected chi connectivity index (χ3v) is 6.69. The molecule has 0 unspecified atom stereocenters. The molecule has 0 N–H and O–H groups in total. The van der Waals surface area contributed by atoms with Gasteiger partial charge in [0.2, 0.25) is 0 Å². The second-order valence-corrected chi connectivity index (χ2v) is 10.8. The molecule has 0 radical (unpaired) electrons. The molecule has 204 valence electrons. The number of ether oxygens (including phenoxy) is 3. The first-order valence-corrected chi connectivity index (χ1v) is 14.3. The molecule has 1 aliphatic rings. The molecule has 0 aliphatic heterocycles. The largest absolute Gasteiger partial charge is 0.372 e. The van der Waals surface area contributed by atoms with E-state index in [2.05, 4.69) is 10.0 Å². The first-order chi connectivity index (χ1) is 18.9. The van der Waals surface area contributed by atoms with Crippen LogP contribution in [0.5, 0.6) is 0 Å². The Morgan fingerprint density at radius 2 is 1.26 bits per heavy atom. The van der Waals surface area contributed by atoms with Crippen molar-refractivity contribution in [2.45, 2.75) is 44.2 Å². The highest BCUT2D eigenvalue weighted by Gasteiger charge is 2.44. The Hall–Kier alpha value is -3.50. The van der Waals surface area contributed by atoms with E-state index in [4.69, 9.17) is 18.4 Å². The van der Waals surface area contributed by atoms with Gasteiger partial charge in [0.15, 0.2) is 0 Å². The van der Waals surface area contributed by atoms with Crippen molar-refractivity contribution in [3.8, 4) is 0 Å². The number of rotatable bonds is 13. The SMILES string of the molecule is CS(=O)(=O)O[C@H]1[C@@H](OCc2ccccc2)[C@H](OCc2ccccc2)C(COCc2ccccc2)=C[C@@H]1N=[N+]=[N-]. The monoisotopic (exact) mass is 549 g/mol. The molecule has 0 bridgehead atoms. The number of hydrogen-bond donors (Lipinski definition) is 0. The molecule has 3 aromatic rings. The maximum atomic E-state index is 12.3. The van der Waals surface area contributed by atoms with Crippen LogP contribution in [-0.2, 0) is 48.3 Å². The summed E-state index contributed by atoms with van der Waals surface area (Å²) in [5.41, 5.74) is 12.8. The lowest BCUT2D eigenvalue weighted by Gasteiger charge is -2.40. The summed E-state index contributed by atoms with van der Waals surface area (Å²) in [5.74, 6) is 0. The molecular weight excluding hydrogens is 518 g/mol. The van der Waals surface area contributed by atoms with Gasteiger partial charge in [-0.3, -0.25) is 4.18 Å². The van der Waals surface area contributed by atoms with Gasteiger partial charge in [-0.1, -0.05) is 102 Å². The Labute approximate surface area is 228 Å². The minimum absolute atomic E-state index is 0.155. The van der Waals surface area contributed by atoms with E-state index in [1.165, 1.54) is 0 Å². The number of azide groups is 1. The van der Waals surface area contributed by atoms with E-state index in [1.54, 1.807) is 6.08 Å². The summed E-state index contributed by atoms with van der Waals surface area (Å²) in [6.07, 6.45) is -0.172. The fourth-order valence-electron chi connectivity index (χ4n) is 4.36. The van der Waals surface area contributed by atoms with E-state index in [0.29, 0.717) is 12.2 Å². The van der Waals surface area contributed by atoms with Crippen molar-refractivity contribution in [1.29, 1.82) is 0 Å². The maximum Gasteiger partial charge on any atom is 0.264 e. The van der Waals surface area contributed by atoms with Crippen LogP contribution in [0.25, 0.3) is 10.4 Å². The predicted octanol–water partition coefficient (Wildman–Crippen LogP) is 5.34. The summed E-state index contributed by atoms with van der Waals surface area (Å²) in [5, 5.41) is 3.85. The van der Waals surface area contributed by atoms with Gasteiger partial charge in [-0.25, -0.2) is 0 Å². The Balaban J connectivity index is 1.66. The van der Waals surface area contributed by atoms with E-state index in [0.717, 1.165) is 22.9 Å². The third-order valence-electron chi connectivity index (χ3n) is 6.12. The van der Waals surface area contributed by atoms with Gasteiger partial charge < -0.3 is 14.2 Å². The number of nitrogens with zero attached hydrogens (tertiary/aromatic N) is 3. The molecule has 3 aromatic carbocycles. The van der Waals surface area contributed by atoms with Crippen molar-refractivity contribution in [2.75, 3.05) is 12.9 Å². The van der Waals surface area contributed by atoms with E-state index in [-0.39, 0.29) is 19.8 Å². The number of benzene rings is 3. The van der Waals surface area contributed by atoms with Crippen molar-refractivity contribution < 1.29 is 26.8 Å². The minimum atomic E-state index is -3.93. The van der Waals surface area contributed by atoms with Crippen molar-refractivity contribution >= 4 is 10.1 Å². The molecule has 0 fully saturated rings. The molecule has 39 heavy (non-hydrogen) atoms. The Kier molecular flexibility index (Phi) is 10.3. The Bertz CT molecular complexity index is 1360. The highest BCUT2D eigenvalue weighted by Crippen LogP contribution is 2.32. The van der Waals surface area contributed by atoms with Crippen molar-refractivity contribution in [3.05, 3.63) is 130 Å². The molecule has 10 heteroatoms.